The van der Waals surface area contributed by atoms with Crippen LogP contribution in [0.5, 0.6) is 5.75 Å². The van der Waals surface area contributed by atoms with Crippen LogP contribution in [0, 0.1) is 0 Å². The van der Waals surface area contributed by atoms with E-state index in [-0.39, 0.29) is 6.10 Å². The molecule has 0 bridgehead atoms. The van der Waals surface area contributed by atoms with Crippen molar-refractivity contribution in [2.45, 2.75) is 26.1 Å². The fourth-order valence-electron chi connectivity index (χ4n) is 1.76. The molecular weight excluding hydrogens is 226 g/mol. The van der Waals surface area contributed by atoms with E-state index in [4.69, 9.17) is 4.74 Å². The molecule has 0 aliphatic rings. The lowest BCUT2D eigenvalue weighted by atomic mass is 10.0. The Morgan fingerprint density at radius 2 is 1.78 bits per heavy atom. The topological polar surface area (TPSA) is 42.4 Å². The van der Waals surface area contributed by atoms with E-state index in [9.17, 15) is 5.11 Å². The van der Waals surface area contributed by atoms with E-state index in [0.717, 1.165) is 5.56 Å². The number of aliphatic hydroxyl groups is 1. The molecule has 2 rings (SSSR count). The SMILES string of the molecule is CC(C)Oc1ccccc1C(O)c1ccccn1. The van der Waals surface area contributed by atoms with Gasteiger partial charge in [0.15, 0.2) is 0 Å². The molecule has 1 heterocycles. The first kappa shape index (κ1) is 12.6. The van der Waals surface area contributed by atoms with Crippen molar-refractivity contribution in [1.82, 2.24) is 4.98 Å². The molecule has 0 amide bonds. The van der Waals surface area contributed by atoms with Gasteiger partial charge in [0.05, 0.1) is 11.8 Å². The summed E-state index contributed by atoms with van der Waals surface area (Å²) in [6.07, 6.45) is 0.980. The lowest BCUT2D eigenvalue weighted by Crippen LogP contribution is -2.10. The number of hydrogen-bond acceptors (Lipinski definition) is 3. The molecule has 3 heteroatoms. The fourth-order valence-corrected chi connectivity index (χ4v) is 1.76. The summed E-state index contributed by atoms with van der Waals surface area (Å²) < 4.78 is 5.70. The first-order valence-corrected chi connectivity index (χ1v) is 6.03. The molecule has 3 nitrogen and oxygen atoms in total. The van der Waals surface area contributed by atoms with Gasteiger partial charge in [-0.2, -0.15) is 0 Å². The molecule has 2 aromatic rings. The van der Waals surface area contributed by atoms with Gasteiger partial charge in [0.25, 0.3) is 0 Å². The second-order valence-electron chi connectivity index (χ2n) is 4.36. The molecule has 0 saturated carbocycles. The molecule has 0 saturated heterocycles. The average molecular weight is 243 g/mol. The average Bonchev–Trinajstić information content (AvgIpc) is 2.39. The monoisotopic (exact) mass is 243 g/mol. The van der Waals surface area contributed by atoms with Crippen molar-refractivity contribution in [3.8, 4) is 5.75 Å². The van der Waals surface area contributed by atoms with E-state index >= 15 is 0 Å². The molecule has 0 radical (unpaired) electrons. The van der Waals surface area contributed by atoms with Gasteiger partial charge in [0.1, 0.15) is 11.9 Å². The van der Waals surface area contributed by atoms with Crippen LogP contribution in [0.25, 0.3) is 0 Å². The number of aliphatic hydroxyl groups excluding tert-OH is 1. The molecule has 0 spiro atoms. The molecule has 1 atom stereocenters. The lowest BCUT2D eigenvalue weighted by Gasteiger charge is -2.17. The summed E-state index contributed by atoms with van der Waals surface area (Å²) in [6.45, 7) is 3.92. The zero-order valence-electron chi connectivity index (χ0n) is 10.6. The third-order valence-corrected chi connectivity index (χ3v) is 2.54. The van der Waals surface area contributed by atoms with Gasteiger partial charge >= 0.3 is 0 Å². The zero-order chi connectivity index (χ0) is 13.0. The van der Waals surface area contributed by atoms with Crippen molar-refractivity contribution >= 4 is 0 Å². The summed E-state index contributed by atoms with van der Waals surface area (Å²) in [5, 5.41) is 10.3. The second-order valence-corrected chi connectivity index (χ2v) is 4.36. The summed E-state index contributed by atoms with van der Waals surface area (Å²) in [4.78, 5) is 4.17. The van der Waals surface area contributed by atoms with Crippen LogP contribution in [0.2, 0.25) is 0 Å². The Labute approximate surface area is 107 Å². The minimum atomic E-state index is -0.763. The van der Waals surface area contributed by atoms with Crippen molar-refractivity contribution in [3.05, 3.63) is 59.9 Å². The Morgan fingerprint density at radius 1 is 1.06 bits per heavy atom. The van der Waals surface area contributed by atoms with Crippen molar-refractivity contribution in [3.63, 3.8) is 0 Å². The van der Waals surface area contributed by atoms with Crippen LogP contribution in [0.4, 0.5) is 0 Å². The van der Waals surface area contributed by atoms with E-state index < -0.39 is 6.10 Å². The normalized spacial score (nSPS) is 12.4. The van der Waals surface area contributed by atoms with Gasteiger partial charge in [-0.15, -0.1) is 0 Å². The first-order valence-electron chi connectivity index (χ1n) is 6.03. The lowest BCUT2D eigenvalue weighted by molar-refractivity contribution is 0.195. The van der Waals surface area contributed by atoms with Crippen LogP contribution < -0.4 is 4.74 Å². The highest BCUT2D eigenvalue weighted by Crippen LogP contribution is 2.29. The Hall–Kier alpha value is -1.87. The molecule has 1 aromatic heterocycles. The van der Waals surface area contributed by atoms with Gasteiger partial charge in [0, 0.05) is 11.8 Å². The maximum atomic E-state index is 10.3. The van der Waals surface area contributed by atoms with Crippen LogP contribution in [-0.4, -0.2) is 16.2 Å². The van der Waals surface area contributed by atoms with E-state index in [1.807, 2.05) is 50.2 Å². The molecule has 1 unspecified atom stereocenters. The van der Waals surface area contributed by atoms with E-state index in [0.29, 0.717) is 11.4 Å². The Bertz CT molecular complexity index is 497. The summed E-state index contributed by atoms with van der Waals surface area (Å²) in [5.74, 6) is 0.700. The minimum absolute atomic E-state index is 0.0714. The number of benzene rings is 1. The highest BCUT2D eigenvalue weighted by atomic mass is 16.5. The number of rotatable bonds is 4. The largest absolute Gasteiger partial charge is 0.491 e. The van der Waals surface area contributed by atoms with Crippen molar-refractivity contribution in [1.29, 1.82) is 0 Å². The fraction of sp³-hybridized carbons (Fsp3) is 0.267. The highest BCUT2D eigenvalue weighted by Gasteiger charge is 2.16. The van der Waals surface area contributed by atoms with Crippen molar-refractivity contribution in [2.24, 2.45) is 0 Å². The van der Waals surface area contributed by atoms with Gasteiger partial charge in [0.2, 0.25) is 0 Å². The Morgan fingerprint density at radius 3 is 2.44 bits per heavy atom. The first-order chi connectivity index (χ1) is 8.68. The summed E-state index contributed by atoms with van der Waals surface area (Å²) in [7, 11) is 0. The van der Waals surface area contributed by atoms with E-state index in [1.165, 1.54) is 0 Å². The number of ether oxygens (including phenoxy) is 1. The zero-order valence-corrected chi connectivity index (χ0v) is 10.6. The summed E-state index contributed by atoms with van der Waals surface area (Å²) in [5.41, 5.74) is 1.36. The molecule has 0 fully saturated rings. The second kappa shape index (κ2) is 5.65. The Balaban J connectivity index is 2.33. The van der Waals surface area contributed by atoms with Crippen molar-refractivity contribution < 1.29 is 9.84 Å². The minimum Gasteiger partial charge on any atom is -0.491 e. The standard InChI is InChI=1S/C15H17NO2/c1-11(2)18-14-9-4-3-7-12(14)15(17)13-8-5-6-10-16-13/h3-11,15,17H,1-2H3. The van der Waals surface area contributed by atoms with Gasteiger partial charge in [-0.1, -0.05) is 24.3 Å². The molecule has 0 aliphatic carbocycles. The molecule has 1 N–H and O–H groups in total. The number of hydrogen-bond donors (Lipinski definition) is 1. The van der Waals surface area contributed by atoms with Crippen molar-refractivity contribution in [2.75, 3.05) is 0 Å². The van der Waals surface area contributed by atoms with Gasteiger partial charge in [-0.25, -0.2) is 0 Å². The number of para-hydroxylation sites is 1. The number of nitrogens with zero attached hydrogens (tertiary/aromatic N) is 1. The Kier molecular flexibility index (Phi) is 3.95. The molecular formula is C15H17NO2. The highest BCUT2D eigenvalue weighted by molar-refractivity contribution is 5.38. The van der Waals surface area contributed by atoms with Gasteiger partial charge in [-0.3, -0.25) is 4.98 Å². The summed E-state index contributed by atoms with van der Waals surface area (Å²) >= 11 is 0. The molecule has 18 heavy (non-hydrogen) atoms. The molecule has 94 valence electrons. The molecule has 0 aliphatic heterocycles. The smallest absolute Gasteiger partial charge is 0.125 e. The van der Waals surface area contributed by atoms with Crippen LogP contribution in [0.1, 0.15) is 31.2 Å². The summed E-state index contributed by atoms with van der Waals surface area (Å²) in [6, 6.07) is 13.0. The van der Waals surface area contributed by atoms with E-state index in [1.54, 1.807) is 12.3 Å². The van der Waals surface area contributed by atoms with Crippen LogP contribution in [-0.2, 0) is 0 Å². The molecule has 1 aromatic carbocycles. The number of aromatic nitrogens is 1. The third kappa shape index (κ3) is 2.87. The number of pyridine rings is 1. The van der Waals surface area contributed by atoms with Gasteiger partial charge in [-0.05, 0) is 32.0 Å². The van der Waals surface area contributed by atoms with E-state index in [2.05, 4.69) is 4.98 Å². The van der Waals surface area contributed by atoms with Crippen LogP contribution in [0.15, 0.2) is 48.7 Å². The quantitative estimate of drug-likeness (QED) is 0.897. The predicted molar refractivity (Wildman–Crippen MR) is 70.5 cm³/mol. The third-order valence-electron chi connectivity index (χ3n) is 2.54. The maximum Gasteiger partial charge on any atom is 0.125 e. The van der Waals surface area contributed by atoms with Crippen LogP contribution in [0.3, 0.4) is 0 Å². The van der Waals surface area contributed by atoms with Crippen LogP contribution >= 0.6 is 0 Å². The van der Waals surface area contributed by atoms with Gasteiger partial charge < -0.3 is 9.84 Å². The maximum absolute atomic E-state index is 10.3. The predicted octanol–water partition coefficient (Wildman–Crippen LogP) is 2.95.